The second-order valence-corrected chi connectivity index (χ2v) is 6.49. The summed E-state index contributed by atoms with van der Waals surface area (Å²) in [5, 5.41) is 0. The fraction of sp³-hybridized carbons (Fsp3) is 0.286. The van der Waals surface area contributed by atoms with Gasteiger partial charge in [-0.05, 0) is 49.6 Å². The number of allylic oxidation sites excluding steroid dienone is 1. The maximum absolute atomic E-state index is 13.1. The highest BCUT2D eigenvalue weighted by molar-refractivity contribution is 6.05. The van der Waals surface area contributed by atoms with Crippen molar-refractivity contribution in [2.24, 2.45) is 0 Å². The number of benzene rings is 2. The molecule has 0 aromatic heterocycles. The number of carbonyl (C=O) groups excluding carboxylic acids is 1. The van der Waals surface area contributed by atoms with Crippen LogP contribution in [0.1, 0.15) is 25.3 Å². The van der Waals surface area contributed by atoms with Crippen LogP contribution in [0.3, 0.4) is 0 Å². The van der Waals surface area contributed by atoms with E-state index in [2.05, 4.69) is 0 Å². The Morgan fingerprint density at radius 2 is 1.88 bits per heavy atom. The molecule has 24 heavy (non-hydrogen) atoms. The lowest BCUT2D eigenvalue weighted by molar-refractivity contribution is -0.118. The first-order valence-corrected chi connectivity index (χ1v) is 8.22. The largest absolute Gasteiger partial charge is 0.497 e. The van der Waals surface area contributed by atoms with Crippen molar-refractivity contribution in [3.05, 3.63) is 71.9 Å². The molecular formula is C21H23NO2. The van der Waals surface area contributed by atoms with Crippen molar-refractivity contribution in [2.75, 3.05) is 19.1 Å². The minimum absolute atomic E-state index is 0.207. The molecule has 1 fully saturated rings. The van der Waals surface area contributed by atoms with Crippen LogP contribution in [0.5, 0.6) is 5.75 Å². The summed E-state index contributed by atoms with van der Waals surface area (Å²) in [6.07, 6.45) is 3.60. The highest BCUT2D eigenvalue weighted by atomic mass is 16.5. The van der Waals surface area contributed by atoms with Crippen LogP contribution < -0.4 is 9.64 Å². The van der Waals surface area contributed by atoms with Gasteiger partial charge in [0.05, 0.1) is 12.5 Å². The molecule has 1 saturated carbocycles. The molecule has 2 aromatic rings. The summed E-state index contributed by atoms with van der Waals surface area (Å²) in [5.41, 5.74) is 2.51. The summed E-state index contributed by atoms with van der Waals surface area (Å²) in [5.74, 6) is 0.999. The second kappa shape index (κ2) is 6.52. The van der Waals surface area contributed by atoms with E-state index in [0.717, 1.165) is 35.4 Å². The molecule has 3 nitrogen and oxygen atoms in total. The van der Waals surface area contributed by atoms with Crippen LogP contribution in [0, 0.1) is 0 Å². The van der Waals surface area contributed by atoms with Gasteiger partial charge in [-0.3, -0.25) is 4.79 Å². The summed E-state index contributed by atoms with van der Waals surface area (Å²) in [6, 6.07) is 17.9. The number of ether oxygens (including phenoxy) is 1. The van der Waals surface area contributed by atoms with Crippen LogP contribution in [-0.2, 0) is 10.2 Å². The number of Topliss-reactive ketones (excluding diaryl/α,β-unsaturated/α-hetero) is 1. The van der Waals surface area contributed by atoms with Gasteiger partial charge in [0.1, 0.15) is 5.75 Å². The van der Waals surface area contributed by atoms with Gasteiger partial charge in [-0.25, -0.2) is 0 Å². The minimum atomic E-state index is -0.474. The van der Waals surface area contributed by atoms with E-state index in [4.69, 9.17) is 4.74 Å². The maximum atomic E-state index is 13.1. The third kappa shape index (κ3) is 2.94. The lowest BCUT2D eigenvalue weighted by Crippen LogP contribution is -2.28. The van der Waals surface area contributed by atoms with Crippen LogP contribution in [-0.4, -0.2) is 19.9 Å². The molecule has 0 radical (unpaired) electrons. The number of para-hydroxylation sites is 1. The minimum Gasteiger partial charge on any atom is -0.497 e. The Balaban J connectivity index is 1.87. The van der Waals surface area contributed by atoms with E-state index in [9.17, 15) is 4.79 Å². The van der Waals surface area contributed by atoms with Gasteiger partial charge in [-0.1, -0.05) is 30.3 Å². The maximum Gasteiger partial charge on any atom is 0.170 e. The van der Waals surface area contributed by atoms with E-state index in [1.807, 2.05) is 79.7 Å². The van der Waals surface area contributed by atoms with Crippen molar-refractivity contribution in [2.45, 2.75) is 25.2 Å². The average Bonchev–Trinajstić information content (AvgIpc) is 2.92. The zero-order valence-electron chi connectivity index (χ0n) is 14.5. The van der Waals surface area contributed by atoms with E-state index in [1.54, 1.807) is 7.11 Å². The first-order valence-electron chi connectivity index (χ1n) is 8.22. The molecule has 2 aromatic carbocycles. The molecule has 0 heterocycles. The highest BCUT2D eigenvalue weighted by Crippen LogP contribution is 2.41. The molecule has 0 amide bonds. The quantitative estimate of drug-likeness (QED) is 0.785. The van der Waals surface area contributed by atoms with E-state index < -0.39 is 5.41 Å². The van der Waals surface area contributed by atoms with Crippen LogP contribution in [0.25, 0.3) is 0 Å². The van der Waals surface area contributed by atoms with Crippen molar-refractivity contribution in [1.82, 2.24) is 0 Å². The normalized spacial score (nSPS) is 22.0. The molecular weight excluding hydrogens is 298 g/mol. The number of hydrogen-bond acceptors (Lipinski definition) is 3. The van der Waals surface area contributed by atoms with Crippen molar-refractivity contribution in [3.63, 3.8) is 0 Å². The van der Waals surface area contributed by atoms with E-state index in [1.165, 1.54) is 0 Å². The molecule has 1 atom stereocenters. The Morgan fingerprint density at radius 1 is 1.12 bits per heavy atom. The first-order chi connectivity index (χ1) is 11.5. The van der Waals surface area contributed by atoms with Crippen LogP contribution in [0.2, 0.25) is 0 Å². The zero-order valence-corrected chi connectivity index (χ0v) is 14.5. The van der Waals surface area contributed by atoms with Gasteiger partial charge in [0.25, 0.3) is 0 Å². The third-order valence-corrected chi connectivity index (χ3v) is 4.91. The molecule has 3 heteroatoms. The molecule has 3 rings (SSSR count). The zero-order chi connectivity index (χ0) is 17.2. The lowest BCUT2D eigenvalue weighted by atomic mass is 9.80. The fourth-order valence-electron chi connectivity index (χ4n) is 3.30. The van der Waals surface area contributed by atoms with E-state index >= 15 is 0 Å². The molecule has 1 aliphatic rings. The predicted octanol–water partition coefficient (Wildman–Crippen LogP) is 4.34. The van der Waals surface area contributed by atoms with Gasteiger partial charge < -0.3 is 9.64 Å². The predicted molar refractivity (Wildman–Crippen MR) is 97.5 cm³/mol. The number of carbonyl (C=O) groups is 1. The lowest BCUT2D eigenvalue weighted by Gasteiger charge is -2.23. The summed E-state index contributed by atoms with van der Waals surface area (Å²) in [4.78, 5) is 15.1. The Hall–Kier alpha value is -2.55. The van der Waals surface area contributed by atoms with Crippen molar-refractivity contribution >= 4 is 11.5 Å². The number of hydrogen-bond donors (Lipinski definition) is 0. The Morgan fingerprint density at radius 3 is 2.58 bits per heavy atom. The van der Waals surface area contributed by atoms with Gasteiger partial charge in [0.2, 0.25) is 0 Å². The smallest absolute Gasteiger partial charge is 0.170 e. The molecule has 0 N–H and O–H groups in total. The van der Waals surface area contributed by atoms with E-state index in [0.29, 0.717) is 0 Å². The van der Waals surface area contributed by atoms with Gasteiger partial charge in [0, 0.05) is 24.5 Å². The Labute approximate surface area is 143 Å². The van der Waals surface area contributed by atoms with Gasteiger partial charge in [-0.15, -0.1) is 0 Å². The van der Waals surface area contributed by atoms with Gasteiger partial charge >= 0.3 is 0 Å². The molecule has 1 aliphatic carbocycles. The van der Waals surface area contributed by atoms with Crippen LogP contribution >= 0.6 is 0 Å². The van der Waals surface area contributed by atoms with Crippen LogP contribution in [0.4, 0.5) is 5.69 Å². The molecule has 0 spiro atoms. The second-order valence-electron chi connectivity index (χ2n) is 6.49. The average molecular weight is 321 g/mol. The molecule has 0 bridgehead atoms. The number of rotatable bonds is 4. The molecule has 124 valence electrons. The SMILES string of the molecule is COc1cccc(C2(C)CC/C(=C\N(C)c3ccccc3)C2=O)c1. The molecule has 0 aliphatic heterocycles. The standard InChI is InChI=1S/C21H23NO2/c1-21(17-8-7-11-19(14-17)24-3)13-12-16(20(21)23)15-22(2)18-9-5-4-6-10-18/h4-11,14-15H,12-13H2,1-3H3/b16-15+. The number of anilines is 1. The number of nitrogens with zero attached hydrogens (tertiary/aromatic N) is 1. The van der Waals surface area contributed by atoms with E-state index in [-0.39, 0.29) is 5.78 Å². The summed E-state index contributed by atoms with van der Waals surface area (Å²) < 4.78 is 5.31. The number of ketones is 1. The summed E-state index contributed by atoms with van der Waals surface area (Å²) in [6.45, 7) is 2.04. The van der Waals surface area contributed by atoms with Gasteiger partial charge in [-0.2, -0.15) is 0 Å². The highest BCUT2D eigenvalue weighted by Gasteiger charge is 2.42. The topological polar surface area (TPSA) is 29.5 Å². The monoisotopic (exact) mass is 321 g/mol. The van der Waals surface area contributed by atoms with Crippen LogP contribution in [0.15, 0.2) is 66.4 Å². The Kier molecular flexibility index (Phi) is 4.43. The third-order valence-electron chi connectivity index (χ3n) is 4.91. The number of methoxy groups -OCH3 is 1. The Bertz CT molecular complexity index is 766. The fourth-order valence-corrected chi connectivity index (χ4v) is 3.30. The molecule has 0 saturated heterocycles. The first kappa shape index (κ1) is 16.3. The van der Waals surface area contributed by atoms with Crippen molar-refractivity contribution < 1.29 is 9.53 Å². The van der Waals surface area contributed by atoms with Gasteiger partial charge in [0.15, 0.2) is 5.78 Å². The molecule has 1 unspecified atom stereocenters. The van der Waals surface area contributed by atoms with Crippen molar-refractivity contribution in [1.29, 1.82) is 0 Å². The van der Waals surface area contributed by atoms with Crippen molar-refractivity contribution in [3.8, 4) is 5.75 Å². The summed E-state index contributed by atoms with van der Waals surface area (Å²) in [7, 11) is 3.63. The summed E-state index contributed by atoms with van der Waals surface area (Å²) >= 11 is 0.